The third-order valence-electron chi connectivity index (χ3n) is 5.11. The molecular formula is C26H21BrClFN4O3. The van der Waals surface area contributed by atoms with E-state index in [2.05, 4.69) is 31.3 Å². The lowest BCUT2D eigenvalue weighted by molar-refractivity contribution is -0.118. The number of rotatable bonds is 7. The van der Waals surface area contributed by atoms with Crippen molar-refractivity contribution in [3.63, 3.8) is 0 Å². The number of carbonyl (C=O) groups excluding carboxylic acids is 1. The summed E-state index contributed by atoms with van der Waals surface area (Å²) in [6.07, 6.45) is 1.51. The van der Waals surface area contributed by atoms with Crippen molar-refractivity contribution in [2.24, 2.45) is 5.10 Å². The molecule has 0 fully saturated rings. The third kappa shape index (κ3) is 5.98. The second-order valence-electron chi connectivity index (χ2n) is 8.18. The van der Waals surface area contributed by atoms with E-state index in [9.17, 15) is 14.0 Å². The molecule has 4 aromatic rings. The highest BCUT2D eigenvalue weighted by Crippen LogP contribution is 2.25. The van der Waals surface area contributed by atoms with Crippen molar-refractivity contribution in [2.45, 2.75) is 19.8 Å². The monoisotopic (exact) mass is 570 g/mol. The van der Waals surface area contributed by atoms with Crippen molar-refractivity contribution in [1.29, 1.82) is 0 Å². The van der Waals surface area contributed by atoms with Crippen LogP contribution in [0.5, 0.6) is 5.75 Å². The summed E-state index contributed by atoms with van der Waals surface area (Å²) in [5.74, 6) is -0.0119. The number of amides is 1. The fourth-order valence-electron chi connectivity index (χ4n) is 3.36. The Kier molecular flexibility index (Phi) is 7.81. The number of benzene rings is 3. The topological polar surface area (TPSA) is 85.6 Å². The zero-order valence-corrected chi connectivity index (χ0v) is 21.7. The predicted octanol–water partition coefficient (Wildman–Crippen LogP) is 5.97. The van der Waals surface area contributed by atoms with Crippen LogP contribution in [0.15, 0.2) is 75.0 Å². The van der Waals surface area contributed by atoms with Gasteiger partial charge in [0.05, 0.1) is 22.1 Å². The van der Waals surface area contributed by atoms with Gasteiger partial charge in [0.2, 0.25) is 0 Å². The van der Waals surface area contributed by atoms with Gasteiger partial charge in [-0.1, -0.05) is 41.4 Å². The smallest absolute Gasteiger partial charge is 0.282 e. The number of halogens is 3. The number of ether oxygens (including phenoxy) is 1. The Morgan fingerprint density at radius 1 is 1.19 bits per heavy atom. The summed E-state index contributed by atoms with van der Waals surface area (Å²) in [5.41, 5.74) is 1.40. The second-order valence-corrected chi connectivity index (χ2v) is 9.50. The molecule has 7 nitrogen and oxygen atoms in total. The molecule has 10 heteroatoms. The van der Waals surface area contributed by atoms with Crippen LogP contribution in [-0.2, 0) is 4.79 Å². The first-order valence-corrected chi connectivity index (χ1v) is 12.1. The van der Waals surface area contributed by atoms with Crippen molar-refractivity contribution in [2.75, 3.05) is 11.9 Å². The van der Waals surface area contributed by atoms with Gasteiger partial charge in [0.1, 0.15) is 17.4 Å². The normalized spacial score (nSPS) is 11.4. The van der Waals surface area contributed by atoms with E-state index in [1.807, 2.05) is 19.9 Å². The molecule has 0 saturated heterocycles. The number of nitrogens with zero attached hydrogens (tertiary/aromatic N) is 3. The van der Waals surface area contributed by atoms with Gasteiger partial charge >= 0.3 is 0 Å². The number of hydrogen-bond donors (Lipinski definition) is 1. The van der Waals surface area contributed by atoms with Gasteiger partial charge < -0.3 is 10.1 Å². The Bertz CT molecular complexity index is 1520. The van der Waals surface area contributed by atoms with Crippen LogP contribution in [0.1, 0.15) is 31.2 Å². The third-order valence-corrected chi connectivity index (χ3v) is 5.90. The Morgan fingerprint density at radius 3 is 2.64 bits per heavy atom. The molecule has 4 rings (SSSR count). The first-order chi connectivity index (χ1) is 17.2. The molecule has 0 unspecified atom stereocenters. The molecule has 0 aliphatic rings. The number of fused-ring (bicyclic) bond motifs is 1. The summed E-state index contributed by atoms with van der Waals surface area (Å²) >= 11 is 9.72. The molecule has 1 N–H and O–H groups in total. The molecule has 1 amide bonds. The number of nitrogens with one attached hydrogen (secondary N) is 1. The van der Waals surface area contributed by atoms with Crippen molar-refractivity contribution in [3.05, 3.63) is 97.7 Å². The molecule has 0 saturated carbocycles. The Balaban J connectivity index is 1.50. The highest BCUT2D eigenvalue weighted by atomic mass is 79.9. The van der Waals surface area contributed by atoms with Gasteiger partial charge in [0.25, 0.3) is 11.5 Å². The maximum absolute atomic E-state index is 13.1. The maximum Gasteiger partial charge on any atom is 0.282 e. The van der Waals surface area contributed by atoms with Gasteiger partial charge in [0, 0.05) is 16.1 Å². The maximum atomic E-state index is 13.1. The Hall–Kier alpha value is -3.56. The van der Waals surface area contributed by atoms with E-state index in [4.69, 9.17) is 16.3 Å². The van der Waals surface area contributed by atoms with Crippen LogP contribution in [0.25, 0.3) is 10.9 Å². The van der Waals surface area contributed by atoms with Gasteiger partial charge in [-0.15, -0.1) is 0 Å². The van der Waals surface area contributed by atoms with Gasteiger partial charge in [-0.3, -0.25) is 9.59 Å². The highest BCUT2D eigenvalue weighted by molar-refractivity contribution is 9.10. The molecule has 1 aromatic heterocycles. The average Bonchev–Trinajstić information content (AvgIpc) is 2.84. The lowest BCUT2D eigenvalue weighted by atomic mass is 10.2. The summed E-state index contributed by atoms with van der Waals surface area (Å²) in [7, 11) is 0. The van der Waals surface area contributed by atoms with E-state index in [0.717, 1.165) is 4.47 Å². The minimum atomic E-state index is -0.417. The van der Waals surface area contributed by atoms with Gasteiger partial charge in [0.15, 0.2) is 6.61 Å². The molecule has 36 heavy (non-hydrogen) atoms. The van der Waals surface area contributed by atoms with E-state index < -0.39 is 11.7 Å². The minimum Gasteiger partial charge on any atom is -0.482 e. The molecule has 0 aliphatic carbocycles. The number of aromatic nitrogens is 2. The summed E-state index contributed by atoms with van der Waals surface area (Å²) in [4.78, 5) is 29.9. The van der Waals surface area contributed by atoms with Crippen molar-refractivity contribution in [1.82, 2.24) is 9.66 Å². The summed E-state index contributed by atoms with van der Waals surface area (Å²) < 4.78 is 20.6. The fraction of sp³-hybridized carbons (Fsp3) is 0.154. The molecule has 3 aromatic carbocycles. The number of carbonyl (C=O) groups is 1. The van der Waals surface area contributed by atoms with Crippen LogP contribution >= 0.6 is 27.5 Å². The Labute approximate surface area is 219 Å². The predicted molar refractivity (Wildman–Crippen MR) is 143 cm³/mol. The Morgan fingerprint density at radius 2 is 1.94 bits per heavy atom. The van der Waals surface area contributed by atoms with Crippen LogP contribution in [-0.4, -0.2) is 28.4 Å². The first-order valence-electron chi connectivity index (χ1n) is 11.0. The highest BCUT2D eigenvalue weighted by Gasteiger charge is 2.14. The van der Waals surface area contributed by atoms with Crippen LogP contribution in [0, 0.1) is 5.82 Å². The molecule has 0 bridgehead atoms. The number of anilines is 1. The molecule has 1 heterocycles. The van der Waals surface area contributed by atoms with E-state index in [0.29, 0.717) is 33.7 Å². The van der Waals surface area contributed by atoms with E-state index in [-0.39, 0.29) is 23.1 Å². The van der Waals surface area contributed by atoms with Crippen molar-refractivity contribution in [3.8, 4) is 5.75 Å². The molecule has 0 atom stereocenters. The van der Waals surface area contributed by atoms with E-state index in [1.54, 1.807) is 30.3 Å². The van der Waals surface area contributed by atoms with E-state index >= 15 is 0 Å². The number of hydrogen-bond acceptors (Lipinski definition) is 5. The standard InChI is InChI=1S/C26H21BrClFN4O3/c1-15(2)25-32-22-9-4-17(27)12-20(22)26(35)33(25)30-13-16-3-10-23(21(28)11-16)36-14-24(34)31-19-7-5-18(29)6-8-19/h3-13,15H,14H2,1-2H3,(H,31,34). The van der Waals surface area contributed by atoms with E-state index in [1.165, 1.54) is 35.2 Å². The summed E-state index contributed by atoms with van der Waals surface area (Å²) in [5, 5.41) is 7.71. The van der Waals surface area contributed by atoms with Crippen LogP contribution < -0.4 is 15.6 Å². The van der Waals surface area contributed by atoms with Crippen molar-refractivity contribution < 1.29 is 13.9 Å². The summed E-state index contributed by atoms with van der Waals surface area (Å²) in [6.45, 7) is 3.59. The molecule has 184 valence electrons. The second kappa shape index (κ2) is 11.0. The first kappa shape index (κ1) is 25.5. The zero-order valence-electron chi connectivity index (χ0n) is 19.3. The lowest BCUT2D eigenvalue weighted by Gasteiger charge is -2.12. The van der Waals surface area contributed by atoms with Gasteiger partial charge in [-0.05, 0) is 66.2 Å². The minimum absolute atomic E-state index is 0.0386. The van der Waals surface area contributed by atoms with Gasteiger partial charge in [-0.2, -0.15) is 9.78 Å². The SMILES string of the molecule is CC(C)c1nc2ccc(Br)cc2c(=O)n1N=Cc1ccc(OCC(=O)Nc2ccc(F)cc2)c(Cl)c1. The van der Waals surface area contributed by atoms with Crippen LogP contribution in [0.4, 0.5) is 10.1 Å². The molecule has 0 radical (unpaired) electrons. The zero-order chi connectivity index (χ0) is 25.8. The van der Waals surface area contributed by atoms with Crippen LogP contribution in [0.3, 0.4) is 0 Å². The molecule has 0 spiro atoms. The fourth-order valence-corrected chi connectivity index (χ4v) is 3.97. The molecule has 0 aliphatic heterocycles. The molecular weight excluding hydrogens is 551 g/mol. The quantitative estimate of drug-likeness (QED) is 0.277. The average molecular weight is 572 g/mol. The largest absolute Gasteiger partial charge is 0.482 e. The summed E-state index contributed by atoms with van der Waals surface area (Å²) in [6, 6.07) is 15.7. The van der Waals surface area contributed by atoms with Gasteiger partial charge in [-0.25, -0.2) is 9.37 Å². The van der Waals surface area contributed by atoms with Crippen LogP contribution in [0.2, 0.25) is 5.02 Å². The lowest BCUT2D eigenvalue weighted by Crippen LogP contribution is -2.23. The van der Waals surface area contributed by atoms with Crippen molar-refractivity contribution >= 4 is 56.2 Å².